The molecule has 7 nitrogen and oxygen atoms in total. The normalized spacial score (nSPS) is 20.6. The van der Waals surface area contributed by atoms with Gasteiger partial charge in [0.25, 0.3) is 0 Å². The zero-order valence-corrected chi connectivity index (χ0v) is 17.6. The van der Waals surface area contributed by atoms with E-state index in [0.29, 0.717) is 12.8 Å². The smallest absolute Gasteiger partial charge is 0.404 e. The summed E-state index contributed by atoms with van der Waals surface area (Å²) in [5, 5.41) is 10.4. The second kappa shape index (κ2) is 10.8. The van der Waals surface area contributed by atoms with Gasteiger partial charge in [-0.3, -0.25) is 9.80 Å². The standard InChI is InChI=1S/C22H36N4O3/c1-18-8-10-25(11-9-18)20-6-3-2-5-19(20)17-24-12-14-26(15-13-24)21(27)7-4-16-29-22(23)28/h2-3,5-6,18,21,27H,4,7-17H2,1H3,(H2,23,28). The first-order valence-electron chi connectivity index (χ1n) is 10.9. The van der Waals surface area contributed by atoms with E-state index in [4.69, 9.17) is 10.5 Å². The van der Waals surface area contributed by atoms with Crippen molar-refractivity contribution in [2.24, 2.45) is 11.7 Å². The molecule has 0 radical (unpaired) electrons. The largest absolute Gasteiger partial charge is 0.450 e. The molecule has 3 rings (SSSR count). The molecule has 162 valence electrons. The fraction of sp³-hybridized carbons (Fsp3) is 0.682. The number of carbonyl (C=O) groups is 1. The van der Waals surface area contributed by atoms with E-state index in [2.05, 4.69) is 45.9 Å². The number of primary amides is 1. The summed E-state index contributed by atoms with van der Waals surface area (Å²) in [5.74, 6) is 0.834. The summed E-state index contributed by atoms with van der Waals surface area (Å²) in [7, 11) is 0. The molecule has 2 fully saturated rings. The van der Waals surface area contributed by atoms with Crippen molar-refractivity contribution in [3.05, 3.63) is 29.8 Å². The third kappa shape index (κ3) is 6.59. The molecule has 1 aromatic carbocycles. The van der Waals surface area contributed by atoms with Crippen LogP contribution in [0.25, 0.3) is 0 Å². The van der Waals surface area contributed by atoms with Gasteiger partial charge >= 0.3 is 6.09 Å². The Hall–Kier alpha value is -1.83. The number of aliphatic hydroxyl groups is 1. The zero-order chi connectivity index (χ0) is 20.6. The molecule has 0 aromatic heterocycles. The summed E-state index contributed by atoms with van der Waals surface area (Å²) in [6.07, 6.45) is 2.50. The van der Waals surface area contributed by atoms with Gasteiger partial charge < -0.3 is 20.5 Å². The van der Waals surface area contributed by atoms with Gasteiger partial charge in [-0.25, -0.2) is 4.79 Å². The highest BCUT2D eigenvalue weighted by atomic mass is 16.5. The van der Waals surface area contributed by atoms with Crippen molar-refractivity contribution in [1.29, 1.82) is 0 Å². The summed E-state index contributed by atoms with van der Waals surface area (Å²) < 4.78 is 4.73. The Balaban J connectivity index is 1.45. The average Bonchev–Trinajstić information content (AvgIpc) is 2.72. The second-order valence-electron chi connectivity index (χ2n) is 8.40. The molecule has 1 aromatic rings. The Kier molecular flexibility index (Phi) is 8.15. The van der Waals surface area contributed by atoms with Crippen molar-refractivity contribution in [2.45, 2.75) is 45.4 Å². The van der Waals surface area contributed by atoms with E-state index in [1.54, 1.807) is 0 Å². The molecule has 0 bridgehead atoms. The van der Waals surface area contributed by atoms with Crippen LogP contribution in [-0.2, 0) is 11.3 Å². The highest BCUT2D eigenvalue weighted by molar-refractivity contribution is 5.64. The van der Waals surface area contributed by atoms with Crippen LogP contribution in [-0.4, -0.2) is 73.1 Å². The van der Waals surface area contributed by atoms with Crippen LogP contribution >= 0.6 is 0 Å². The molecule has 2 aliphatic heterocycles. The third-order valence-corrected chi connectivity index (χ3v) is 6.19. The number of hydrogen-bond donors (Lipinski definition) is 2. The lowest BCUT2D eigenvalue weighted by Gasteiger charge is -2.38. The predicted molar refractivity (Wildman–Crippen MR) is 115 cm³/mol. The molecule has 1 amide bonds. The van der Waals surface area contributed by atoms with Gasteiger partial charge in [-0.1, -0.05) is 25.1 Å². The first kappa shape index (κ1) is 21.9. The van der Waals surface area contributed by atoms with Crippen LogP contribution in [0.15, 0.2) is 24.3 Å². The molecule has 3 N–H and O–H groups in total. The lowest BCUT2D eigenvalue weighted by Crippen LogP contribution is -2.50. The maximum absolute atomic E-state index is 10.6. The van der Waals surface area contributed by atoms with Crippen LogP contribution in [0, 0.1) is 5.92 Å². The van der Waals surface area contributed by atoms with Crippen LogP contribution in [0.4, 0.5) is 10.5 Å². The van der Waals surface area contributed by atoms with Crippen LogP contribution in [0.1, 0.15) is 38.2 Å². The molecular formula is C22H36N4O3. The minimum atomic E-state index is -0.757. The molecule has 2 saturated heterocycles. The van der Waals surface area contributed by atoms with Crippen molar-refractivity contribution in [1.82, 2.24) is 9.80 Å². The molecule has 29 heavy (non-hydrogen) atoms. The van der Waals surface area contributed by atoms with E-state index in [9.17, 15) is 9.90 Å². The van der Waals surface area contributed by atoms with Gasteiger partial charge in [0.05, 0.1) is 6.61 Å². The Labute approximate surface area is 174 Å². The van der Waals surface area contributed by atoms with Gasteiger partial charge in [-0.2, -0.15) is 0 Å². The summed E-state index contributed by atoms with van der Waals surface area (Å²) >= 11 is 0. The fourth-order valence-corrected chi connectivity index (χ4v) is 4.28. The number of para-hydroxylation sites is 1. The average molecular weight is 405 g/mol. The molecule has 2 aliphatic rings. The monoisotopic (exact) mass is 404 g/mol. The minimum absolute atomic E-state index is 0.262. The summed E-state index contributed by atoms with van der Waals surface area (Å²) in [6, 6.07) is 8.81. The molecule has 0 aliphatic carbocycles. The summed E-state index contributed by atoms with van der Waals surface area (Å²) in [5.41, 5.74) is 7.74. The number of hydrogen-bond acceptors (Lipinski definition) is 6. The van der Waals surface area contributed by atoms with Gasteiger partial charge in [0.15, 0.2) is 0 Å². The van der Waals surface area contributed by atoms with E-state index in [1.165, 1.54) is 24.1 Å². The number of anilines is 1. The molecule has 0 spiro atoms. The van der Waals surface area contributed by atoms with Crippen molar-refractivity contribution in [3.63, 3.8) is 0 Å². The number of aliphatic hydroxyl groups excluding tert-OH is 1. The number of amides is 1. The highest BCUT2D eigenvalue weighted by Gasteiger charge is 2.24. The predicted octanol–water partition coefficient (Wildman–Crippen LogP) is 2.23. The molecule has 2 heterocycles. The number of nitrogens with two attached hydrogens (primary N) is 1. The SMILES string of the molecule is CC1CCN(c2ccccc2CN2CCN(C(O)CCCOC(N)=O)CC2)CC1. The van der Waals surface area contributed by atoms with Gasteiger partial charge in [0, 0.05) is 51.5 Å². The lowest BCUT2D eigenvalue weighted by atomic mass is 9.98. The van der Waals surface area contributed by atoms with E-state index in [0.717, 1.165) is 51.7 Å². The summed E-state index contributed by atoms with van der Waals surface area (Å²) in [6.45, 7) is 9.46. The van der Waals surface area contributed by atoms with Crippen LogP contribution in [0.2, 0.25) is 0 Å². The number of nitrogens with zero attached hydrogens (tertiary/aromatic N) is 3. The van der Waals surface area contributed by atoms with Crippen molar-refractivity contribution in [2.75, 3.05) is 50.8 Å². The number of ether oxygens (including phenoxy) is 1. The van der Waals surface area contributed by atoms with E-state index in [-0.39, 0.29) is 6.61 Å². The number of piperidine rings is 1. The molecule has 7 heteroatoms. The first-order chi connectivity index (χ1) is 14.0. The van der Waals surface area contributed by atoms with Crippen LogP contribution in [0.5, 0.6) is 0 Å². The van der Waals surface area contributed by atoms with Gasteiger partial charge in [-0.05, 0) is 43.2 Å². The Bertz CT molecular complexity index is 641. The van der Waals surface area contributed by atoms with Crippen LogP contribution in [0.3, 0.4) is 0 Å². The Morgan fingerprint density at radius 2 is 1.86 bits per heavy atom. The highest BCUT2D eigenvalue weighted by Crippen LogP contribution is 2.27. The number of benzene rings is 1. The van der Waals surface area contributed by atoms with Crippen molar-refractivity contribution < 1.29 is 14.6 Å². The topological polar surface area (TPSA) is 82.3 Å². The third-order valence-electron chi connectivity index (χ3n) is 6.19. The quantitative estimate of drug-likeness (QED) is 0.647. The zero-order valence-electron chi connectivity index (χ0n) is 17.6. The Morgan fingerprint density at radius 3 is 2.55 bits per heavy atom. The number of carbonyl (C=O) groups excluding carboxylic acids is 1. The maximum Gasteiger partial charge on any atom is 0.404 e. The van der Waals surface area contributed by atoms with Crippen molar-refractivity contribution in [3.8, 4) is 0 Å². The van der Waals surface area contributed by atoms with Crippen LogP contribution < -0.4 is 10.6 Å². The second-order valence-corrected chi connectivity index (χ2v) is 8.40. The van der Waals surface area contributed by atoms with Gasteiger partial charge in [0.1, 0.15) is 6.23 Å². The molecule has 1 atom stereocenters. The van der Waals surface area contributed by atoms with Crippen molar-refractivity contribution >= 4 is 11.8 Å². The summed E-state index contributed by atoms with van der Waals surface area (Å²) in [4.78, 5) is 17.7. The molecule has 0 saturated carbocycles. The van der Waals surface area contributed by atoms with E-state index in [1.807, 2.05) is 0 Å². The lowest BCUT2D eigenvalue weighted by molar-refractivity contribution is -0.0340. The molecule has 1 unspecified atom stereocenters. The van der Waals surface area contributed by atoms with Gasteiger partial charge in [-0.15, -0.1) is 0 Å². The van der Waals surface area contributed by atoms with E-state index < -0.39 is 12.3 Å². The Morgan fingerprint density at radius 1 is 1.17 bits per heavy atom. The number of piperazine rings is 1. The van der Waals surface area contributed by atoms with E-state index >= 15 is 0 Å². The minimum Gasteiger partial charge on any atom is -0.450 e. The number of rotatable bonds is 8. The molecular weight excluding hydrogens is 368 g/mol. The van der Waals surface area contributed by atoms with Gasteiger partial charge in [0.2, 0.25) is 0 Å². The maximum atomic E-state index is 10.6. The first-order valence-corrected chi connectivity index (χ1v) is 10.9. The fourth-order valence-electron chi connectivity index (χ4n) is 4.28.